The third-order valence-corrected chi connectivity index (χ3v) is 4.26. The molecule has 4 unspecified atom stereocenters. The van der Waals surface area contributed by atoms with E-state index in [9.17, 15) is 0 Å². The van der Waals surface area contributed by atoms with E-state index in [1.54, 1.807) is 7.11 Å². The second kappa shape index (κ2) is 7.38. The van der Waals surface area contributed by atoms with Crippen molar-refractivity contribution in [3.63, 3.8) is 0 Å². The van der Waals surface area contributed by atoms with Crippen LogP contribution in [0.1, 0.15) is 46.5 Å². The van der Waals surface area contributed by atoms with E-state index in [1.807, 2.05) is 0 Å². The lowest BCUT2D eigenvalue weighted by atomic mass is 9.72. The van der Waals surface area contributed by atoms with E-state index in [1.165, 1.54) is 25.7 Å². The quantitative estimate of drug-likeness (QED) is 0.770. The van der Waals surface area contributed by atoms with Crippen molar-refractivity contribution >= 4 is 0 Å². The highest BCUT2D eigenvalue weighted by molar-refractivity contribution is 4.84. The van der Waals surface area contributed by atoms with Gasteiger partial charge in [-0.05, 0) is 56.4 Å². The topological polar surface area (TPSA) is 21.3 Å². The molecular weight excluding hydrogens is 210 g/mol. The van der Waals surface area contributed by atoms with Crippen molar-refractivity contribution in [2.24, 2.45) is 23.7 Å². The Balaban J connectivity index is 2.48. The normalized spacial score (nSPS) is 33.4. The standard InChI is InChI=1S/C15H31NO/c1-11-6-12(2)8-14(7-11)15(16-4)9-13(3)10-17-5/h11-16H,6-10H2,1-5H3. The second-order valence-electron chi connectivity index (χ2n) is 6.37. The summed E-state index contributed by atoms with van der Waals surface area (Å²) in [5, 5.41) is 3.55. The SMILES string of the molecule is CNC(CC(C)COC)C1CC(C)CC(C)C1. The van der Waals surface area contributed by atoms with Gasteiger partial charge in [0, 0.05) is 19.8 Å². The molecule has 1 rings (SSSR count). The molecule has 0 radical (unpaired) electrons. The maximum atomic E-state index is 5.25. The van der Waals surface area contributed by atoms with Crippen LogP contribution in [0.15, 0.2) is 0 Å². The Morgan fingerprint density at radius 1 is 1.18 bits per heavy atom. The molecule has 0 amide bonds. The molecule has 0 saturated heterocycles. The summed E-state index contributed by atoms with van der Waals surface area (Å²) in [6.07, 6.45) is 5.46. The molecule has 0 spiro atoms. The molecule has 1 N–H and O–H groups in total. The molecule has 2 heteroatoms. The van der Waals surface area contributed by atoms with Gasteiger partial charge in [0.15, 0.2) is 0 Å². The maximum Gasteiger partial charge on any atom is 0.0488 e. The monoisotopic (exact) mass is 241 g/mol. The minimum atomic E-state index is 0.657. The largest absolute Gasteiger partial charge is 0.384 e. The zero-order valence-corrected chi connectivity index (χ0v) is 12.3. The van der Waals surface area contributed by atoms with E-state index in [-0.39, 0.29) is 0 Å². The molecule has 0 aromatic heterocycles. The molecule has 0 bridgehead atoms. The Morgan fingerprint density at radius 2 is 1.76 bits per heavy atom. The third-order valence-electron chi connectivity index (χ3n) is 4.26. The van der Waals surface area contributed by atoms with Gasteiger partial charge in [0.2, 0.25) is 0 Å². The molecule has 0 aromatic rings. The third kappa shape index (κ3) is 4.97. The molecule has 17 heavy (non-hydrogen) atoms. The van der Waals surface area contributed by atoms with E-state index >= 15 is 0 Å². The zero-order chi connectivity index (χ0) is 12.8. The number of ether oxygens (including phenoxy) is 1. The fraction of sp³-hybridized carbons (Fsp3) is 1.00. The molecule has 0 aliphatic heterocycles. The Morgan fingerprint density at radius 3 is 2.24 bits per heavy atom. The second-order valence-corrected chi connectivity index (χ2v) is 6.37. The molecule has 4 atom stereocenters. The average Bonchev–Trinajstić information content (AvgIpc) is 2.24. The van der Waals surface area contributed by atoms with Crippen molar-refractivity contribution in [3.8, 4) is 0 Å². The molecule has 0 aromatic carbocycles. The first kappa shape index (κ1) is 15.0. The summed E-state index contributed by atoms with van der Waals surface area (Å²) in [7, 11) is 3.92. The van der Waals surface area contributed by atoms with E-state index < -0.39 is 0 Å². The maximum absolute atomic E-state index is 5.25. The predicted octanol–water partition coefficient (Wildman–Crippen LogP) is 3.32. The van der Waals surface area contributed by atoms with Gasteiger partial charge in [-0.2, -0.15) is 0 Å². The van der Waals surface area contributed by atoms with Gasteiger partial charge in [-0.15, -0.1) is 0 Å². The fourth-order valence-corrected chi connectivity index (χ4v) is 3.67. The predicted molar refractivity (Wildman–Crippen MR) is 74.2 cm³/mol. The van der Waals surface area contributed by atoms with E-state index in [4.69, 9.17) is 4.74 Å². The van der Waals surface area contributed by atoms with Crippen LogP contribution in [0.2, 0.25) is 0 Å². The van der Waals surface area contributed by atoms with Gasteiger partial charge in [0.05, 0.1) is 0 Å². The van der Waals surface area contributed by atoms with Gasteiger partial charge < -0.3 is 10.1 Å². The first-order valence-electron chi connectivity index (χ1n) is 7.23. The first-order chi connectivity index (χ1) is 8.06. The van der Waals surface area contributed by atoms with Crippen LogP contribution in [0.3, 0.4) is 0 Å². The van der Waals surface area contributed by atoms with Crippen LogP contribution in [0.25, 0.3) is 0 Å². The van der Waals surface area contributed by atoms with Crippen LogP contribution in [0.4, 0.5) is 0 Å². The fourth-order valence-electron chi connectivity index (χ4n) is 3.67. The summed E-state index contributed by atoms with van der Waals surface area (Å²) in [6.45, 7) is 8.00. The molecule has 1 aliphatic rings. The van der Waals surface area contributed by atoms with Crippen LogP contribution in [0.5, 0.6) is 0 Å². The molecule has 1 fully saturated rings. The lowest BCUT2D eigenvalue weighted by Gasteiger charge is -2.37. The van der Waals surface area contributed by atoms with Crippen molar-refractivity contribution in [2.45, 2.75) is 52.5 Å². The lowest BCUT2D eigenvalue weighted by molar-refractivity contribution is 0.125. The first-order valence-corrected chi connectivity index (χ1v) is 7.23. The smallest absolute Gasteiger partial charge is 0.0488 e. The van der Waals surface area contributed by atoms with Crippen LogP contribution >= 0.6 is 0 Å². The highest BCUT2D eigenvalue weighted by Gasteiger charge is 2.29. The van der Waals surface area contributed by atoms with Gasteiger partial charge in [-0.1, -0.05) is 20.8 Å². The average molecular weight is 241 g/mol. The minimum absolute atomic E-state index is 0.657. The Labute approximate surface area is 108 Å². The summed E-state index contributed by atoms with van der Waals surface area (Å²) in [6, 6.07) is 0.672. The lowest BCUT2D eigenvalue weighted by Crippen LogP contribution is -2.39. The Hall–Kier alpha value is -0.0800. The molecule has 1 aliphatic carbocycles. The Bertz CT molecular complexity index is 197. The summed E-state index contributed by atoms with van der Waals surface area (Å²) in [5.74, 6) is 3.32. The van der Waals surface area contributed by atoms with E-state index in [0.717, 1.165) is 24.4 Å². The van der Waals surface area contributed by atoms with Crippen LogP contribution in [0, 0.1) is 23.7 Å². The summed E-state index contributed by atoms with van der Waals surface area (Å²) in [4.78, 5) is 0. The van der Waals surface area contributed by atoms with Crippen LogP contribution < -0.4 is 5.32 Å². The zero-order valence-electron chi connectivity index (χ0n) is 12.3. The van der Waals surface area contributed by atoms with Crippen molar-refractivity contribution in [3.05, 3.63) is 0 Å². The van der Waals surface area contributed by atoms with Crippen molar-refractivity contribution < 1.29 is 4.74 Å². The van der Waals surface area contributed by atoms with E-state index in [0.29, 0.717) is 12.0 Å². The Kier molecular flexibility index (Phi) is 6.50. The molecule has 1 saturated carbocycles. The molecule has 0 heterocycles. The number of hydrogen-bond acceptors (Lipinski definition) is 2. The van der Waals surface area contributed by atoms with Gasteiger partial charge in [-0.3, -0.25) is 0 Å². The van der Waals surface area contributed by atoms with Crippen molar-refractivity contribution in [1.29, 1.82) is 0 Å². The molecule has 102 valence electrons. The summed E-state index contributed by atoms with van der Waals surface area (Å²) in [5.41, 5.74) is 0. The number of rotatable bonds is 6. The highest BCUT2D eigenvalue weighted by Crippen LogP contribution is 2.36. The molecule has 2 nitrogen and oxygen atoms in total. The van der Waals surface area contributed by atoms with Gasteiger partial charge >= 0.3 is 0 Å². The minimum Gasteiger partial charge on any atom is -0.384 e. The molecular formula is C15H31NO. The van der Waals surface area contributed by atoms with Gasteiger partial charge in [0.25, 0.3) is 0 Å². The number of nitrogens with one attached hydrogen (secondary N) is 1. The van der Waals surface area contributed by atoms with Crippen molar-refractivity contribution in [2.75, 3.05) is 20.8 Å². The van der Waals surface area contributed by atoms with Gasteiger partial charge in [-0.25, -0.2) is 0 Å². The van der Waals surface area contributed by atoms with Crippen LogP contribution in [-0.2, 0) is 4.74 Å². The summed E-state index contributed by atoms with van der Waals surface area (Å²) < 4.78 is 5.25. The summed E-state index contributed by atoms with van der Waals surface area (Å²) >= 11 is 0. The highest BCUT2D eigenvalue weighted by atomic mass is 16.5. The van der Waals surface area contributed by atoms with E-state index in [2.05, 4.69) is 33.1 Å². The van der Waals surface area contributed by atoms with Crippen molar-refractivity contribution in [1.82, 2.24) is 5.32 Å². The number of methoxy groups -OCH3 is 1. The number of hydrogen-bond donors (Lipinski definition) is 1. The van der Waals surface area contributed by atoms with Gasteiger partial charge in [0.1, 0.15) is 0 Å². The van der Waals surface area contributed by atoms with Crippen LogP contribution in [-0.4, -0.2) is 26.8 Å².